The third kappa shape index (κ3) is 5.08. The summed E-state index contributed by atoms with van der Waals surface area (Å²) in [5.74, 6) is -0.547. The number of carbonyl (C=O) groups is 1. The lowest BCUT2D eigenvalue weighted by atomic mass is 9.99. The molecule has 28 heavy (non-hydrogen) atoms. The molecule has 0 spiro atoms. The Morgan fingerprint density at radius 1 is 1.18 bits per heavy atom. The van der Waals surface area contributed by atoms with E-state index in [0.29, 0.717) is 36.4 Å². The van der Waals surface area contributed by atoms with Crippen molar-refractivity contribution >= 4 is 21.6 Å². The van der Waals surface area contributed by atoms with Gasteiger partial charge in [-0.1, -0.05) is 12.1 Å². The Kier molecular flexibility index (Phi) is 6.31. The van der Waals surface area contributed by atoms with Gasteiger partial charge in [-0.05, 0) is 54.8 Å². The van der Waals surface area contributed by atoms with Crippen LogP contribution in [0.15, 0.2) is 48.5 Å². The summed E-state index contributed by atoms with van der Waals surface area (Å²) >= 11 is 0. The average Bonchev–Trinajstić information content (AvgIpc) is 2.70. The average molecular weight is 406 g/mol. The van der Waals surface area contributed by atoms with Crippen LogP contribution in [0.1, 0.15) is 18.4 Å². The molecule has 0 saturated carbocycles. The summed E-state index contributed by atoms with van der Waals surface area (Å²) < 4.78 is 44.9. The summed E-state index contributed by atoms with van der Waals surface area (Å²) in [5, 5.41) is 2.83. The van der Waals surface area contributed by atoms with Crippen molar-refractivity contribution in [3.63, 3.8) is 0 Å². The maximum atomic E-state index is 13.0. The normalized spacial score (nSPS) is 17.9. The van der Waals surface area contributed by atoms with Crippen LogP contribution in [0.3, 0.4) is 0 Å². The number of nitrogens with one attached hydrogen (secondary N) is 1. The summed E-state index contributed by atoms with van der Waals surface area (Å²) in [6.45, 7) is 0.529. The van der Waals surface area contributed by atoms with Crippen LogP contribution in [0.5, 0.6) is 5.75 Å². The molecule has 1 saturated heterocycles. The quantitative estimate of drug-likeness (QED) is 0.800. The van der Waals surface area contributed by atoms with Crippen LogP contribution in [0, 0.1) is 11.7 Å². The molecule has 1 atom stereocenters. The monoisotopic (exact) mass is 406 g/mol. The number of rotatable bonds is 6. The number of amides is 1. The van der Waals surface area contributed by atoms with Gasteiger partial charge >= 0.3 is 0 Å². The molecule has 0 aromatic heterocycles. The highest BCUT2D eigenvalue weighted by Crippen LogP contribution is 2.23. The number of sulfonamides is 1. The molecule has 1 aliphatic rings. The van der Waals surface area contributed by atoms with E-state index < -0.39 is 21.8 Å². The van der Waals surface area contributed by atoms with Gasteiger partial charge in [-0.15, -0.1) is 0 Å². The van der Waals surface area contributed by atoms with Crippen molar-refractivity contribution in [2.24, 2.45) is 5.92 Å². The van der Waals surface area contributed by atoms with Crippen LogP contribution in [0.4, 0.5) is 10.1 Å². The van der Waals surface area contributed by atoms with Gasteiger partial charge in [0.2, 0.25) is 15.9 Å². The number of carbonyl (C=O) groups excluding carboxylic acids is 1. The Morgan fingerprint density at radius 3 is 2.50 bits per heavy atom. The fourth-order valence-corrected chi connectivity index (χ4v) is 4.82. The first-order valence-corrected chi connectivity index (χ1v) is 10.7. The van der Waals surface area contributed by atoms with Crippen molar-refractivity contribution < 1.29 is 22.3 Å². The summed E-state index contributed by atoms with van der Waals surface area (Å²) in [6, 6.07) is 12.4. The van der Waals surface area contributed by atoms with Crippen molar-refractivity contribution in [3.8, 4) is 5.75 Å². The smallest absolute Gasteiger partial charge is 0.228 e. The van der Waals surface area contributed by atoms with E-state index in [0.717, 1.165) is 0 Å². The maximum absolute atomic E-state index is 13.0. The molecule has 3 rings (SSSR count). The predicted octanol–water partition coefficient (Wildman–Crippen LogP) is 3.01. The summed E-state index contributed by atoms with van der Waals surface area (Å²) in [6.07, 6.45) is 1.24. The van der Waals surface area contributed by atoms with Gasteiger partial charge in [-0.3, -0.25) is 4.79 Å². The van der Waals surface area contributed by atoms with E-state index in [9.17, 15) is 17.6 Å². The van der Waals surface area contributed by atoms with Crippen molar-refractivity contribution in [1.82, 2.24) is 4.31 Å². The number of hydrogen-bond acceptors (Lipinski definition) is 4. The fraction of sp³-hybridized carbons (Fsp3) is 0.350. The number of anilines is 1. The van der Waals surface area contributed by atoms with Gasteiger partial charge in [0.05, 0.1) is 18.8 Å². The first-order valence-electron chi connectivity index (χ1n) is 9.04. The van der Waals surface area contributed by atoms with E-state index in [1.165, 1.54) is 28.6 Å². The van der Waals surface area contributed by atoms with Gasteiger partial charge in [0.25, 0.3) is 0 Å². The predicted molar refractivity (Wildman–Crippen MR) is 105 cm³/mol. The summed E-state index contributed by atoms with van der Waals surface area (Å²) in [5.41, 5.74) is 1.16. The maximum Gasteiger partial charge on any atom is 0.228 e. The number of nitrogens with zero attached hydrogens (tertiary/aromatic N) is 1. The van der Waals surface area contributed by atoms with Crippen molar-refractivity contribution in [2.45, 2.75) is 18.6 Å². The first-order chi connectivity index (χ1) is 13.4. The molecule has 1 fully saturated rings. The molecule has 1 unspecified atom stereocenters. The lowest BCUT2D eigenvalue weighted by molar-refractivity contribution is -0.120. The van der Waals surface area contributed by atoms with Gasteiger partial charge in [-0.25, -0.2) is 17.1 Å². The minimum atomic E-state index is -3.58. The second-order valence-electron chi connectivity index (χ2n) is 6.80. The largest absolute Gasteiger partial charge is 0.497 e. The highest BCUT2D eigenvalue weighted by Gasteiger charge is 2.32. The molecule has 8 heteroatoms. The van der Waals surface area contributed by atoms with Crippen LogP contribution in [-0.4, -0.2) is 38.8 Å². The van der Waals surface area contributed by atoms with Crippen molar-refractivity contribution in [1.29, 1.82) is 0 Å². The lowest BCUT2D eigenvalue weighted by Gasteiger charge is -2.31. The molecule has 1 N–H and O–H groups in total. The highest BCUT2D eigenvalue weighted by atomic mass is 32.2. The van der Waals surface area contributed by atoms with Crippen molar-refractivity contribution in [2.75, 3.05) is 25.5 Å². The van der Waals surface area contributed by atoms with E-state index in [4.69, 9.17) is 4.74 Å². The Bertz CT molecular complexity index is 914. The third-order valence-electron chi connectivity index (χ3n) is 4.77. The molecular weight excluding hydrogens is 383 g/mol. The molecule has 150 valence electrons. The highest BCUT2D eigenvalue weighted by molar-refractivity contribution is 7.88. The Hall–Kier alpha value is -2.45. The number of ether oxygens (including phenoxy) is 1. The Morgan fingerprint density at radius 2 is 1.86 bits per heavy atom. The zero-order valence-corrected chi connectivity index (χ0v) is 16.4. The zero-order chi connectivity index (χ0) is 20.1. The number of piperidine rings is 1. The fourth-order valence-electron chi connectivity index (χ4n) is 3.21. The lowest BCUT2D eigenvalue weighted by Crippen LogP contribution is -2.44. The van der Waals surface area contributed by atoms with Gasteiger partial charge in [0.1, 0.15) is 11.6 Å². The second kappa shape index (κ2) is 8.70. The molecule has 0 radical (unpaired) electrons. The van der Waals surface area contributed by atoms with Crippen LogP contribution >= 0.6 is 0 Å². The molecule has 1 amide bonds. The number of methoxy groups -OCH3 is 1. The number of halogens is 1. The molecule has 1 aliphatic heterocycles. The van der Waals surface area contributed by atoms with Gasteiger partial charge in [0, 0.05) is 18.8 Å². The summed E-state index contributed by atoms with van der Waals surface area (Å²) in [4.78, 5) is 12.6. The van der Waals surface area contributed by atoms with E-state index in [-0.39, 0.29) is 18.2 Å². The van der Waals surface area contributed by atoms with E-state index in [1.807, 2.05) is 0 Å². The van der Waals surface area contributed by atoms with E-state index in [2.05, 4.69) is 5.32 Å². The first kappa shape index (κ1) is 20.3. The number of benzene rings is 2. The summed E-state index contributed by atoms with van der Waals surface area (Å²) in [7, 11) is -2.02. The van der Waals surface area contributed by atoms with Gasteiger partial charge < -0.3 is 10.1 Å². The minimum absolute atomic E-state index is 0.144. The van der Waals surface area contributed by atoms with Crippen LogP contribution in [0.25, 0.3) is 0 Å². The number of hydrogen-bond donors (Lipinski definition) is 1. The topological polar surface area (TPSA) is 75.7 Å². The SMILES string of the molecule is COc1ccc(NC(=O)C2CCCN(S(=O)(=O)Cc3ccc(F)cc3)C2)cc1. The molecule has 0 aliphatic carbocycles. The second-order valence-corrected chi connectivity index (χ2v) is 8.77. The third-order valence-corrected chi connectivity index (χ3v) is 6.58. The molecule has 2 aromatic carbocycles. The van der Waals surface area contributed by atoms with Crippen LogP contribution < -0.4 is 10.1 Å². The Balaban J connectivity index is 1.63. The van der Waals surface area contributed by atoms with Crippen LogP contribution in [-0.2, 0) is 20.6 Å². The minimum Gasteiger partial charge on any atom is -0.497 e. The molecular formula is C20H23FN2O4S. The standard InChI is InChI=1S/C20H23FN2O4S/c1-27-19-10-8-18(9-11-19)22-20(24)16-3-2-12-23(13-16)28(25,26)14-15-4-6-17(21)7-5-15/h4-11,16H,2-3,12-14H2,1H3,(H,22,24). The Labute approximate surface area is 164 Å². The molecule has 1 heterocycles. The van der Waals surface area contributed by atoms with Crippen LogP contribution in [0.2, 0.25) is 0 Å². The van der Waals surface area contributed by atoms with E-state index in [1.54, 1.807) is 31.4 Å². The van der Waals surface area contributed by atoms with Gasteiger partial charge in [-0.2, -0.15) is 0 Å². The zero-order valence-electron chi connectivity index (χ0n) is 15.6. The van der Waals surface area contributed by atoms with Crippen molar-refractivity contribution in [3.05, 3.63) is 59.9 Å². The van der Waals surface area contributed by atoms with Gasteiger partial charge in [0.15, 0.2) is 0 Å². The van der Waals surface area contributed by atoms with E-state index >= 15 is 0 Å². The molecule has 0 bridgehead atoms. The molecule has 6 nitrogen and oxygen atoms in total. The molecule has 2 aromatic rings.